The maximum Gasteiger partial charge on any atom is 0.112 e. The molecule has 3 rings (SSSR count). The summed E-state index contributed by atoms with van der Waals surface area (Å²) in [6, 6.07) is 17.2. The summed E-state index contributed by atoms with van der Waals surface area (Å²) in [6.45, 7) is 20.5. The number of hydrogen-bond acceptors (Lipinski definition) is 2. The molecule has 2 nitrogen and oxygen atoms in total. The number of hydrogen-bond donors (Lipinski definition) is 0. The zero-order valence-corrected chi connectivity index (χ0v) is 20.8. The van der Waals surface area contributed by atoms with Crippen molar-refractivity contribution < 1.29 is 9.47 Å². The summed E-state index contributed by atoms with van der Waals surface area (Å²) >= 11 is 0. The summed E-state index contributed by atoms with van der Waals surface area (Å²) < 4.78 is 11.3. The average molecular weight is 463 g/mol. The van der Waals surface area contributed by atoms with E-state index in [1.165, 1.54) is 22.3 Å². The number of allylic oxidation sites excluding steroid dienone is 8. The summed E-state index contributed by atoms with van der Waals surface area (Å²) in [5.41, 5.74) is 6.63. The molecule has 2 aromatic rings. The van der Waals surface area contributed by atoms with E-state index >= 15 is 0 Å². The third kappa shape index (κ3) is 5.07. The zero-order chi connectivity index (χ0) is 25.3. The van der Waals surface area contributed by atoms with Crippen LogP contribution in [0.1, 0.15) is 25.0 Å². The van der Waals surface area contributed by atoms with Gasteiger partial charge in [-0.25, -0.2) is 0 Å². The van der Waals surface area contributed by atoms with Crippen molar-refractivity contribution in [3.63, 3.8) is 0 Å². The molecule has 0 fully saturated rings. The first-order chi connectivity index (χ1) is 17.0. The van der Waals surface area contributed by atoms with Crippen molar-refractivity contribution in [2.45, 2.75) is 19.3 Å². The van der Waals surface area contributed by atoms with Gasteiger partial charge in [-0.1, -0.05) is 111 Å². The Morgan fingerprint density at radius 1 is 0.686 bits per heavy atom. The Morgan fingerprint density at radius 2 is 1.09 bits per heavy atom. The van der Waals surface area contributed by atoms with Crippen molar-refractivity contribution in [2.24, 2.45) is 0 Å². The van der Waals surface area contributed by atoms with E-state index in [2.05, 4.69) is 113 Å². The lowest BCUT2D eigenvalue weighted by atomic mass is 9.66. The molecular weight excluding hydrogens is 428 g/mol. The van der Waals surface area contributed by atoms with Crippen LogP contribution in [0.4, 0.5) is 0 Å². The lowest BCUT2D eigenvalue weighted by molar-refractivity contribution is 0.263. The van der Waals surface area contributed by atoms with Gasteiger partial charge in [-0.3, -0.25) is 0 Å². The third-order valence-electron chi connectivity index (χ3n) is 6.11. The Kier molecular flexibility index (Phi) is 8.69. The number of rotatable bonds is 12. The fourth-order valence-electron chi connectivity index (χ4n) is 4.69. The molecule has 0 bridgehead atoms. The summed E-state index contributed by atoms with van der Waals surface area (Å²) in [4.78, 5) is 0. The molecule has 0 unspecified atom stereocenters. The Balaban J connectivity index is 2.24. The molecule has 1 aliphatic carbocycles. The molecule has 178 valence electrons. The second-order valence-corrected chi connectivity index (χ2v) is 8.13. The highest BCUT2D eigenvalue weighted by Gasteiger charge is 2.46. The predicted octanol–water partition coefficient (Wildman–Crippen LogP) is 8.39. The minimum absolute atomic E-state index is 0.417. The number of benzene rings is 2. The number of ether oxygens (including phenoxy) is 2. The van der Waals surface area contributed by atoms with Crippen molar-refractivity contribution in [1.29, 1.82) is 0 Å². The van der Waals surface area contributed by atoms with E-state index < -0.39 is 5.41 Å². The van der Waals surface area contributed by atoms with Gasteiger partial charge in [-0.05, 0) is 59.4 Å². The number of fused-ring (bicyclic) bond motifs is 3. The van der Waals surface area contributed by atoms with Crippen molar-refractivity contribution in [3.8, 4) is 11.1 Å². The molecule has 0 amide bonds. The molecule has 0 spiro atoms. The van der Waals surface area contributed by atoms with Crippen molar-refractivity contribution in [3.05, 3.63) is 157 Å². The first-order valence-electron chi connectivity index (χ1n) is 11.8. The van der Waals surface area contributed by atoms with Gasteiger partial charge < -0.3 is 9.47 Å². The van der Waals surface area contributed by atoms with Gasteiger partial charge in [0, 0.05) is 0 Å². The molecule has 0 atom stereocenters. The molecule has 0 aliphatic heterocycles. The Hall–Kier alpha value is -4.04. The van der Waals surface area contributed by atoms with Gasteiger partial charge in [0.1, 0.15) is 24.7 Å². The van der Waals surface area contributed by atoms with Crippen LogP contribution in [0.15, 0.2) is 146 Å². The van der Waals surface area contributed by atoms with Crippen molar-refractivity contribution in [1.82, 2.24) is 0 Å². The SMILES string of the molecule is C=CCOC(=C)/C=C\C(=C/C)C1(C(/C=C\C(=C)OCC=C)=C/C)c2ccccc2-c2ccccc21. The minimum Gasteiger partial charge on any atom is -0.490 e. The maximum atomic E-state index is 5.63. The fourth-order valence-corrected chi connectivity index (χ4v) is 4.69. The second-order valence-electron chi connectivity index (χ2n) is 8.13. The van der Waals surface area contributed by atoms with Crippen LogP contribution >= 0.6 is 0 Å². The Morgan fingerprint density at radius 3 is 1.46 bits per heavy atom. The van der Waals surface area contributed by atoms with Crippen LogP contribution < -0.4 is 0 Å². The van der Waals surface area contributed by atoms with E-state index in [0.717, 1.165) is 11.1 Å². The molecule has 35 heavy (non-hydrogen) atoms. The summed E-state index contributed by atoms with van der Waals surface area (Å²) in [7, 11) is 0. The highest BCUT2D eigenvalue weighted by atomic mass is 16.5. The lowest BCUT2D eigenvalue weighted by Gasteiger charge is -2.35. The van der Waals surface area contributed by atoms with Gasteiger partial charge in [0.2, 0.25) is 0 Å². The summed E-state index contributed by atoms with van der Waals surface area (Å²) in [6.07, 6.45) is 15.8. The van der Waals surface area contributed by atoms with Crippen LogP contribution in [0.5, 0.6) is 0 Å². The first-order valence-corrected chi connectivity index (χ1v) is 11.8. The van der Waals surface area contributed by atoms with E-state index in [9.17, 15) is 0 Å². The van der Waals surface area contributed by atoms with Crippen LogP contribution in [0, 0.1) is 0 Å². The second kappa shape index (κ2) is 11.9. The fraction of sp³-hybridized carbons (Fsp3) is 0.152. The molecule has 2 heteroatoms. The van der Waals surface area contributed by atoms with Gasteiger partial charge >= 0.3 is 0 Å². The standard InChI is InChI=1S/C33H34O2/c1-7-23-34-25(5)19-21-27(9-3)33(28(10-4)22-20-26(6)35-24-8-2)31-17-13-11-15-29(31)30-16-12-14-18-32(30)33/h7-22H,1-2,5-6,23-24H2,3-4H3/b21-19-,22-20-,27-9+,28-10+. The normalized spacial score (nSPS) is 14.5. The quantitative estimate of drug-likeness (QED) is 0.179. The lowest BCUT2D eigenvalue weighted by Crippen LogP contribution is -2.29. The molecular formula is C33H34O2. The highest BCUT2D eigenvalue weighted by Crippen LogP contribution is 2.57. The molecule has 1 aliphatic rings. The zero-order valence-electron chi connectivity index (χ0n) is 20.8. The molecule has 0 N–H and O–H groups in total. The van der Waals surface area contributed by atoms with Crippen LogP contribution in [-0.4, -0.2) is 13.2 Å². The topological polar surface area (TPSA) is 18.5 Å². The van der Waals surface area contributed by atoms with Crippen molar-refractivity contribution in [2.75, 3.05) is 13.2 Å². The van der Waals surface area contributed by atoms with Gasteiger partial charge in [-0.2, -0.15) is 0 Å². The molecule has 0 heterocycles. The van der Waals surface area contributed by atoms with Gasteiger partial charge in [0.05, 0.1) is 5.41 Å². The summed E-state index contributed by atoms with van der Waals surface area (Å²) in [5.74, 6) is 1.17. The van der Waals surface area contributed by atoms with E-state index in [0.29, 0.717) is 24.7 Å². The third-order valence-corrected chi connectivity index (χ3v) is 6.11. The largest absolute Gasteiger partial charge is 0.490 e. The highest BCUT2D eigenvalue weighted by molar-refractivity contribution is 5.87. The van der Waals surface area contributed by atoms with E-state index in [1.807, 2.05) is 12.2 Å². The Labute approximate surface area is 210 Å². The average Bonchev–Trinajstić information content (AvgIpc) is 3.18. The monoisotopic (exact) mass is 462 g/mol. The Bertz CT molecular complexity index is 1140. The van der Waals surface area contributed by atoms with Crippen LogP contribution in [0.25, 0.3) is 11.1 Å². The van der Waals surface area contributed by atoms with Crippen LogP contribution in [-0.2, 0) is 14.9 Å². The van der Waals surface area contributed by atoms with Crippen molar-refractivity contribution >= 4 is 0 Å². The molecule has 0 aromatic heterocycles. The van der Waals surface area contributed by atoms with Gasteiger partial charge in [0.15, 0.2) is 0 Å². The van der Waals surface area contributed by atoms with Gasteiger partial charge in [-0.15, -0.1) is 0 Å². The predicted molar refractivity (Wildman–Crippen MR) is 149 cm³/mol. The first kappa shape index (κ1) is 25.6. The van der Waals surface area contributed by atoms with E-state index in [1.54, 1.807) is 12.2 Å². The van der Waals surface area contributed by atoms with E-state index in [4.69, 9.17) is 9.47 Å². The molecule has 0 saturated carbocycles. The maximum absolute atomic E-state index is 5.63. The molecule has 0 saturated heterocycles. The summed E-state index contributed by atoms with van der Waals surface area (Å²) in [5, 5.41) is 0. The van der Waals surface area contributed by atoms with Gasteiger partial charge in [0.25, 0.3) is 0 Å². The van der Waals surface area contributed by atoms with E-state index in [-0.39, 0.29) is 0 Å². The smallest absolute Gasteiger partial charge is 0.112 e. The molecule has 2 aromatic carbocycles. The van der Waals surface area contributed by atoms with Crippen LogP contribution in [0.3, 0.4) is 0 Å². The minimum atomic E-state index is -0.527. The molecule has 0 radical (unpaired) electrons. The van der Waals surface area contributed by atoms with Crippen LogP contribution in [0.2, 0.25) is 0 Å².